The fraction of sp³-hybridized carbons (Fsp3) is 0.429. The Hall–Kier alpha value is -2.06. The fourth-order valence-electron chi connectivity index (χ4n) is 1.65. The Bertz CT molecular complexity index is 454. The summed E-state index contributed by atoms with van der Waals surface area (Å²) in [6, 6.07) is 8.86. The molecule has 0 radical (unpaired) electrons. The number of nitrogens with zero attached hydrogens (tertiary/aromatic N) is 1. The molecule has 1 atom stereocenters. The maximum Gasteiger partial charge on any atom is 0.224 e. The SMILES string of the molecule is COCC(C)CC(=O)Nc1cccc(OCC#N)c1. The normalized spacial score (nSPS) is 11.4. The van der Waals surface area contributed by atoms with Crippen LogP contribution in [-0.2, 0) is 9.53 Å². The van der Waals surface area contributed by atoms with Crippen LogP contribution in [0.15, 0.2) is 24.3 Å². The number of benzene rings is 1. The van der Waals surface area contributed by atoms with E-state index in [1.54, 1.807) is 31.4 Å². The van der Waals surface area contributed by atoms with Gasteiger partial charge in [-0.3, -0.25) is 4.79 Å². The number of hydrogen-bond acceptors (Lipinski definition) is 4. The van der Waals surface area contributed by atoms with Crippen molar-refractivity contribution < 1.29 is 14.3 Å². The van der Waals surface area contributed by atoms with E-state index in [2.05, 4.69) is 5.32 Å². The summed E-state index contributed by atoms with van der Waals surface area (Å²) in [5, 5.41) is 11.2. The van der Waals surface area contributed by atoms with Crippen LogP contribution in [0, 0.1) is 17.2 Å². The molecule has 0 heterocycles. The van der Waals surface area contributed by atoms with E-state index >= 15 is 0 Å². The Morgan fingerprint density at radius 2 is 2.32 bits per heavy atom. The lowest BCUT2D eigenvalue weighted by molar-refractivity contribution is -0.117. The van der Waals surface area contributed by atoms with Gasteiger partial charge in [-0.25, -0.2) is 0 Å². The van der Waals surface area contributed by atoms with Gasteiger partial charge in [0, 0.05) is 31.9 Å². The van der Waals surface area contributed by atoms with Crippen LogP contribution in [0.4, 0.5) is 5.69 Å². The molecule has 0 aliphatic rings. The molecule has 5 heteroatoms. The summed E-state index contributed by atoms with van der Waals surface area (Å²) in [4.78, 5) is 11.8. The highest BCUT2D eigenvalue weighted by Gasteiger charge is 2.09. The van der Waals surface area contributed by atoms with E-state index in [1.807, 2.05) is 13.0 Å². The summed E-state index contributed by atoms with van der Waals surface area (Å²) in [6.07, 6.45) is 0.400. The van der Waals surface area contributed by atoms with Crippen molar-refractivity contribution in [3.8, 4) is 11.8 Å². The second-order valence-electron chi connectivity index (χ2n) is 4.29. The Labute approximate surface area is 113 Å². The van der Waals surface area contributed by atoms with Crippen molar-refractivity contribution in [1.82, 2.24) is 0 Å². The van der Waals surface area contributed by atoms with Gasteiger partial charge in [-0.1, -0.05) is 13.0 Å². The van der Waals surface area contributed by atoms with Gasteiger partial charge in [0.05, 0.1) is 0 Å². The zero-order valence-electron chi connectivity index (χ0n) is 11.2. The van der Waals surface area contributed by atoms with Gasteiger partial charge in [-0.15, -0.1) is 0 Å². The number of ether oxygens (including phenoxy) is 2. The van der Waals surface area contributed by atoms with Crippen LogP contribution < -0.4 is 10.1 Å². The molecule has 0 fully saturated rings. The number of anilines is 1. The molecule has 1 rings (SSSR count). The van der Waals surface area contributed by atoms with E-state index in [9.17, 15) is 4.79 Å². The lowest BCUT2D eigenvalue weighted by atomic mass is 10.1. The van der Waals surface area contributed by atoms with E-state index in [1.165, 1.54) is 0 Å². The number of nitrogens with one attached hydrogen (secondary N) is 1. The molecule has 0 aromatic heterocycles. The van der Waals surface area contributed by atoms with Gasteiger partial charge in [0.15, 0.2) is 6.61 Å². The molecule has 0 aliphatic heterocycles. The van der Waals surface area contributed by atoms with Gasteiger partial charge in [-0.2, -0.15) is 5.26 Å². The van der Waals surface area contributed by atoms with Gasteiger partial charge < -0.3 is 14.8 Å². The second-order valence-corrected chi connectivity index (χ2v) is 4.29. The highest BCUT2D eigenvalue weighted by molar-refractivity contribution is 5.91. The highest BCUT2D eigenvalue weighted by Crippen LogP contribution is 2.17. The van der Waals surface area contributed by atoms with Crippen LogP contribution in [0.25, 0.3) is 0 Å². The van der Waals surface area contributed by atoms with Gasteiger partial charge in [0.25, 0.3) is 0 Å². The molecule has 1 N–H and O–H groups in total. The Morgan fingerprint density at radius 3 is 3.00 bits per heavy atom. The summed E-state index contributed by atoms with van der Waals surface area (Å²) in [5.41, 5.74) is 0.657. The number of methoxy groups -OCH3 is 1. The summed E-state index contributed by atoms with van der Waals surface area (Å²) in [7, 11) is 1.62. The molecule has 0 saturated carbocycles. The second kappa shape index (κ2) is 8.11. The number of carbonyl (C=O) groups excluding carboxylic acids is 1. The average Bonchev–Trinajstić information content (AvgIpc) is 2.36. The van der Waals surface area contributed by atoms with Crippen LogP contribution in [-0.4, -0.2) is 26.2 Å². The summed E-state index contributed by atoms with van der Waals surface area (Å²) in [6.45, 7) is 2.50. The fourth-order valence-corrected chi connectivity index (χ4v) is 1.65. The maximum absolute atomic E-state index is 11.8. The van der Waals surface area contributed by atoms with E-state index in [0.717, 1.165) is 0 Å². The molecular formula is C14H18N2O3. The monoisotopic (exact) mass is 262 g/mol. The molecule has 1 unspecified atom stereocenters. The lowest BCUT2D eigenvalue weighted by Crippen LogP contribution is -2.17. The van der Waals surface area contributed by atoms with E-state index in [4.69, 9.17) is 14.7 Å². The lowest BCUT2D eigenvalue weighted by Gasteiger charge is -2.11. The minimum absolute atomic E-state index is 0.0116. The first-order valence-electron chi connectivity index (χ1n) is 6.04. The number of hydrogen-bond donors (Lipinski definition) is 1. The predicted molar refractivity (Wildman–Crippen MR) is 71.8 cm³/mol. The van der Waals surface area contributed by atoms with Crippen molar-refractivity contribution in [2.45, 2.75) is 13.3 Å². The molecule has 1 aromatic rings. The maximum atomic E-state index is 11.8. The third kappa shape index (κ3) is 5.89. The minimum atomic E-state index is -0.0676. The van der Waals surface area contributed by atoms with Gasteiger partial charge in [0.1, 0.15) is 11.8 Å². The van der Waals surface area contributed by atoms with E-state index in [-0.39, 0.29) is 18.4 Å². The van der Waals surface area contributed by atoms with Crippen molar-refractivity contribution in [2.75, 3.05) is 25.6 Å². The summed E-state index contributed by atoms with van der Waals surface area (Å²) in [5.74, 6) is 0.661. The van der Waals surface area contributed by atoms with Gasteiger partial charge >= 0.3 is 0 Å². The van der Waals surface area contributed by atoms with Crippen molar-refractivity contribution in [3.05, 3.63) is 24.3 Å². The standard InChI is InChI=1S/C14H18N2O3/c1-11(10-18-2)8-14(17)16-12-4-3-5-13(9-12)19-7-6-15/h3-5,9,11H,7-8,10H2,1-2H3,(H,16,17). The molecule has 1 aromatic carbocycles. The first-order chi connectivity index (χ1) is 9.15. The Balaban J connectivity index is 2.52. The number of amides is 1. The van der Waals surface area contributed by atoms with Crippen LogP contribution in [0.2, 0.25) is 0 Å². The van der Waals surface area contributed by atoms with Crippen molar-refractivity contribution in [1.29, 1.82) is 5.26 Å². The number of nitriles is 1. The topological polar surface area (TPSA) is 71.3 Å². The van der Waals surface area contributed by atoms with Crippen LogP contribution in [0.3, 0.4) is 0 Å². The zero-order chi connectivity index (χ0) is 14.1. The van der Waals surface area contributed by atoms with E-state index < -0.39 is 0 Å². The third-order valence-corrected chi connectivity index (χ3v) is 2.41. The molecule has 0 saturated heterocycles. The van der Waals surface area contributed by atoms with E-state index in [0.29, 0.717) is 24.5 Å². The summed E-state index contributed by atoms with van der Waals surface area (Å²) < 4.78 is 10.2. The van der Waals surface area contributed by atoms with Gasteiger partial charge in [0.2, 0.25) is 5.91 Å². The highest BCUT2D eigenvalue weighted by atomic mass is 16.5. The predicted octanol–water partition coefficient (Wildman–Crippen LogP) is 2.20. The third-order valence-electron chi connectivity index (χ3n) is 2.41. The molecule has 1 amide bonds. The van der Waals surface area contributed by atoms with Crippen molar-refractivity contribution >= 4 is 11.6 Å². The smallest absolute Gasteiger partial charge is 0.224 e. The minimum Gasteiger partial charge on any atom is -0.479 e. The van der Waals surface area contributed by atoms with Gasteiger partial charge in [-0.05, 0) is 18.1 Å². The van der Waals surface area contributed by atoms with Crippen molar-refractivity contribution in [3.63, 3.8) is 0 Å². The first kappa shape index (κ1) is 15.0. The Morgan fingerprint density at radius 1 is 1.53 bits per heavy atom. The number of carbonyl (C=O) groups is 1. The van der Waals surface area contributed by atoms with Crippen LogP contribution in [0.1, 0.15) is 13.3 Å². The average molecular weight is 262 g/mol. The van der Waals surface area contributed by atoms with Crippen LogP contribution in [0.5, 0.6) is 5.75 Å². The largest absolute Gasteiger partial charge is 0.479 e. The number of rotatable bonds is 7. The molecule has 5 nitrogen and oxygen atoms in total. The molecule has 19 heavy (non-hydrogen) atoms. The quantitative estimate of drug-likeness (QED) is 0.817. The Kier molecular flexibility index (Phi) is 6.41. The van der Waals surface area contributed by atoms with Crippen molar-refractivity contribution in [2.24, 2.45) is 5.92 Å². The molecule has 0 spiro atoms. The van der Waals surface area contributed by atoms with Crippen LogP contribution >= 0.6 is 0 Å². The molecular weight excluding hydrogens is 244 g/mol. The molecule has 102 valence electrons. The zero-order valence-corrected chi connectivity index (χ0v) is 11.2. The first-order valence-corrected chi connectivity index (χ1v) is 6.04. The molecule has 0 bridgehead atoms. The molecule has 0 aliphatic carbocycles. The summed E-state index contributed by atoms with van der Waals surface area (Å²) >= 11 is 0.